The molecule has 0 aliphatic rings. The van der Waals surface area contributed by atoms with Crippen LogP contribution in [0, 0.1) is 12.8 Å². The highest BCUT2D eigenvalue weighted by Crippen LogP contribution is 2.26. The average Bonchev–Trinajstić information content (AvgIpc) is 2.52. The first-order valence-corrected chi connectivity index (χ1v) is 8.44. The van der Waals surface area contributed by atoms with Gasteiger partial charge in [0.25, 0.3) is 0 Å². The number of nitrogens with zero attached hydrogens (tertiary/aromatic N) is 2. The van der Waals surface area contributed by atoms with Crippen LogP contribution in [0.5, 0.6) is 5.75 Å². The molecule has 0 fully saturated rings. The highest BCUT2D eigenvalue weighted by Gasteiger charge is 2.09. The number of hydrogen-bond acceptors (Lipinski definition) is 5. The number of ether oxygens (including phenoxy) is 1. The van der Waals surface area contributed by atoms with E-state index in [1.54, 1.807) is 6.07 Å². The van der Waals surface area contributed by atoms with E-state index in [9.17, 15) is 4.79 Å². The second-order valence-electron chi connectivity index (χ2n) is 6.58. The van der Waals surface area contributed by atoms with Crippen molar-refractivity contribution in [2.75, 3.05) is 11.9 Å². The van der Waals surface area contributed by atoms with Crippen LogP contribution >= 0.6 is 0 Å². The Morgan fingerprint density at radius 3 is 2.68 bits per heavy atom. The van der Waals surface area contributed by atoms with Crippen LogP contribution in [0.1, 0.15) is 32.8 Å². The molecule has 2 unspecified atom stereocenters. The molecule has 1 heterocycles. The summed E-state index contributed by atoms with van der Waals surface area (Å²) in [5.74, 6) is 1.59. The van der Waals surface area contributed by atoms with Crippen molar-refractivity contribution in [2.45, 2.75) is 40.2 Å². The number of amides is 1. The molecular weight excluding hydrogens is 316 g/mol. The Balaban J connectivity index is 2.10. The molecule has 0 saturated heterocycles. The zero-order chi connectivity index (χ0) is 18.4. The first-order chi connectivity index (χ1) is 11.8. The summed E-state index contributed by atoms with van der Waals surface area (Å²) in [4.78, 5) is 19.5. The number of nitrogens with one attached hydrogen (secondary N) is 1. The van der Waals surface area contributed by atoms with Crippen LogP contribution in [-0.2, 0) is 4.79 Å². The van der Waals surface area contributed by atoms with E-state index in [1.165, 1.54) is 13.3 Å². The molecule has 2 atom stereocenters. The summed E-state index contributed by atoms with van der Waals surface area (Å²) < 4.78 is 5.92. The number of anilines is 1. The number of aromatic nitrogens is 2. The summed E-state index contributed by atoms with van der Waals surface area (Å²) in [6.07, 6.45) is 2.38. The largest absolute Gasteiger partial charge is 0.493 e. The second kappa shape index (κ2) is 8.58. The molecule has 6 heteroatoms. The smallest absolute Gasteiger partial charge is 0.222 e. The molecule has 1 amide bonds. The predicted molar refractivity (Wildman–Crippen MR) is 99.4 cm³/mol. The first kappa shape index (κ1) is 18.9. The lowest BCUT2D eigenvalue weighted by Gasteiger charge is -2.16. The van der Waals surface area contributed by atoms with Gasteiger partial charge in [0.05, 0.1) is 12.3 Å². The van der Waals surface area contributed by atoms with E-state index >= 15 is 0 Å². The fourth-order valence-electron chi connectivity index (χ4n) is 2.67. The second-order valence-corrected chi connectivity index (χ2v) is 6.58. The number of aryl methyl sites for hydroxylation is 1. The van der Waals surface area contributed by atoms with E-state index in [4.69, 9.17) is 10.5 Å². The van der Waals surface area contributed by atoms with E-state index in [2.05, 4.69) is 22.2 Å². The average molecular weight is 342 g/mol. The lowest BCUT2D eigenvalue weighted by molar-refractivity contribution is -0.114. The number of benzene rings is 1. The quantitative estimate of drug-likeness (QED) is 0.806. The topological polar surface area (TPSA) is 90.1 Å². The van der Waals surface area contributed by atoms with Crippen molar-refractivity contribution in [3.05, 3.63) is 36.2 Å². The number of rotatable bonds is 7. The molecule has 0 spiro atoms. The van der Waals surface area contributed by atoms with Gasteiger partial charge in [0.15, 0.2) is 0 Å². The zero-order valence-electron chi connectivity index (χ0n) is 15.2. The van der Waals surface area contributed by atoms with Crippen LogP contribution in [0.25, 0.3) is 11.3 Å². The van der Waals surface area contributed by atoms with Gasteiger partial charge in [-0.2, -0.15) is 0 Å². The molecule has 6 nitrogen and oxygen atoms in total. The Morgan fingerprint density at radius 2 is 2.04 bits per heavy atom. The number of nitrogens with two attached hydrogens (primary N) is 1. The van der Waals surface area contributed by atoms with Crippen molar-refractivity contribution in [1.29, 1.82) is 0 Å². The fraction of sp³-hybridized carbons (Fsp3) is 0.421. The van der Waals surface area contributed by atoms with Crippen molar-refractivity contribution in [2.24, 2.45) is 11.7 Å². The van der Waals surface area contributed by atoms with Gasteiger partial charge in [-0.05, 0) is 49.9 Å². The predicted octanol–water partition coefficient (Wildman–Crippen LogP) is 3.16. The van der Waals surface area contributed by atoms with Crippen LogP contribution < -0.4 is 15.8 Å². The number of carbonyl (C=O) groups is 1. The highest BCUT2D eigenvalue weighted by molar-refractivity contribution is 5.88. The molecule has 0 radical (unpaired) electrons. The van der Waals surface area contributed by atoms with E-state index in [1.807, 2.05) is 32.0 Å². The normalized spacial score (nSPS) is 13.2. The Labute approximate surface area is 148 Å². The van der Waals surface area contributed by atoms with Crippen LogP contribution in [0.3, 0.4) is 0 Å². The minimum atomic E-state index is -0.162. The summed E-state index contributed by atoms with van der Waals surface area (Å²) >= 11 is 0. The molecular formula is C19H26N4O2. The molecule has 0 aliphatic heterocycles. The molecule has 2 aromatic rings. The van der Waals surface area contributed by atoms with Gasteiger partial charge in [0.2, 0.25) is 5.91 Å². The first-order valence-electron chi connectivity index (χ1n) is 8.44. The van der Waals surface area contributed by atoms with E-state index in [0.29, 0.717) is 18.3 Å². The maximum absolute atomic E-state index is 11.2. The maximum atomic E-state index is 11.2. The van der Waals surface area contributed by atoms with Gasteiger partial charge in [0.1, 0.15) is 17.9 Å². The molecule has 134 valence electrons. The molecule has 1 aromatic carbocycles. The van der Waals surface area contributed by atoms with E-state index in [-0.39, 0.29) is 11.9 Å². The van der Waals surface area contributed by atoms with Gasteiger partial charge < -0.3 is 15.8 Å². The zero-order valence-corrected chi connectivity index (χ0v) is 15.2. The van der Waals surface area contributed by atoms with Crippen LogP contribution in [0.2, 0.25) is 0 Å². The van der Waals surface area contributed by atoms with Crippen molar-refractivity contribution in [3.63, 3.8) is 0 Å². The molecule has 1 aromatic heterocycles. The summed E-state index contributed by atoms with van der Waals surface area (Å²) in [7, 11) is 0. The lowest BCUT2D eigenvalue weighted by Crippen LogP contribution is -2.21. The Bertz CT molecular complexity index is 731. The van der Waals surface area contributed by atoms with Gasteiger partial charge in [-0.15, -0.1) is 0 Å². The molecule has 0 aliphatic carbocycles. The SMILES string of the molecule is CC(=O)Nc1cc(-c2ccc(OCC(C)CC(C)N)c(C)c2)ncn1. The summed E-state index contributed by atoms with van der Waals surface area (Å²) in [5.41, 5.74) is 8.55. The molecule has 0 bridgehead atoms. The summed E-state index contributed by atoms with van der Waals surface area (Å²) in [5, 5.41) is 2.66. The molecule has 3 N–H and O–H groups in total. The van der Waals surface area contributed by atoms with E-state index < -0.39 is 0 Å². The Morgan fingerprint density at radius 1 is 1.28 bits per heavy atom. The third kappa shape index (κ3) is 5.83. The fourth-order valence-corrected chi connectivity index (χ4v) is 2.67. The maximum Gasteiger partial charge on any atom is 0.222 e. The number of carbonyl (C=O) groups excluding carboxylic acids is 1. The van der Waals surface area contributed by atoms with Crippen molar-refractivity contribution in [3.8, 4) is 17.0 Å². The van der Waals surface area contributed by atoms with Crippen LogP contribution in [-0.4, -0.2) is 28.5 Å². The molecule has 25 heavy (non-hydrogen) atoms. The third-order valence-corrected chi connectivity index (χ3v) is 3.74. The molecule has 0 saturated carbocycles. The summed E-state index contributed by atoms with van der Waals surface area (Å²) in [6, 6.07) is 7.85. The third-order valence-electron chi connectivity index (χ3n) is 3.74. The lowest BCUT2D eigenvalue weighted by atomic mass is 10.0. The monoisotopic (exact) mass is 342 g/mol. The van der Waals surface area contributed by atoms with Crippen molar-refractivity contribution >= 4 is 11.7 Å². The standard InChI is InChI=1S/C19H26N4O2/c1-12(7-14(3)20)10-25-18-6-5-16(8-13(18)2)17-9-19(22-11-21-17)23-15(4)24/h5-6,8-9,11-12,14H,7,10,20H2,1-4H3,(H,21,22,23,24). The van der Waals surface area contributed by atoms with Gasteiger partial charge in [-0.25, -0.2) is 9.97 Å². The summed E-state index contributed by atoms with van der Waals surface area (Å²) in [6.45, 7) is 8.24. The van der Waals surface area contributed by atoms with Crippen molar-refractivity contribution < 1.29 is 9.53 Å². The van der Waals surface area contributed by atoms with Gasteiger partial charge in [-0.3, -0.25) is 4.79 Å². The minimum absolute atomic E-state index is 0.162. The Hall–Kier alpha value is -2.47. The van der Waals surface area contributed by atoms with E-state index in [0.717, 1.165) is 29.0 Å². The van der Waals surface area contributed by atoms with Gasteiger partial charge in [0, 0.05) is 24.6 Å². The Kier molecular flexibility index (Phi) is 6.47. The van der Waals surface area contributed by atoms with Crippen LogP contribution in [0.4, 0.5) is 5.82 Å². The molecule has 2 rings (SSSR count). The van der Waals surface area contributed by atoms with Crippen molar-refractivity contribution in [1.82, 2.24) is 9.97 Å². The van der Waals surface area contributed by atoms with Gasteiger partial charge >= 0.3 is 0 Å². The van der Waals surface area contributed by atoms with Gasteiger partial charge in [-0.1, -0.05) is 6.92 Å². The van der Waals surface area contributed by atoms with Crippen LogP contribution in [0.15, 0.2) is 30.6 Å². The highest BCUT2D eigenvalue weighted by atomic mass is 16.5. The minimum Gasteiger partial charge on any atom is -0.493 e. The number of hydrogen-bond donors (Lipinski definition) is 2.